The number of anilines is 1. The van der Waals surface area contributed by atoms with Gasteiger partial charge >= 0.3 is 5.97 Å². The molecule has 5 nitrogen and oxygen atoms in total. The molecule has 1 aliphatic heterocycles. The molecule has 19 heavy (non-hydrogen) atoms. The fourth-order valence-corrected chi connectivity index (χ4v) is 2.23. The Hall–Kier alpha value is -2.04. The molecule has 1 aliphatic rings. The first-order chi connectivity index (χ1) is 8.90. The minimum atomic E-state index is -0.869. The van der Waals surface area contributed by atoms with E-state index in [2.05, 4.69) is 5.32 Å². The van der Waals surface area contributed by atoms with Crippen molar-refractivity contribution in [2.45, 2.75) is 32.8 Å². The maximum atomic E-state index is 11.6. The van der Waals surface area contributed by atoms with Crippen LogP contribution in [0.4, 0.5) is 5.69 Å². The average Bonchev–Trinajstić information content (AvgIpc) is 2.30. The van der Waals surface area contributed by atoms with Crippen molar-refractivity contribution in [3.05, 3.63) is 23.8 Å². The SMILES string of the molecule is CC1Oc2ccc(C(C(=O)O)C(C)C)cc2NC1=O. The molecule has 2 rings (SSSR count). The Morgan fingerprint density at radius 2 is 2.11 bits per heavy atom. The van der Waals surface area contributed by atoms with Gasteiger partial charge in [0.15, 0.2) is 6.10 Å². The van der Waals surface area contributed by atoms with Crippen molar-refractivity contribution >= 4 is 17.6 Å². The van der Waals surface area contributed by atoms with Crippen molar-refractivity contribution in [1.82, 2.24) is 0 Å². The van der Waals surface area contributed by atoms with E-state index < -0.39 is 18.0 Å². The first kappa shape index (κ1) is 13.4. The summed E-state index contributed by atoms with van der Waals surface area (Å²) in [5.41, 5.74) is 1.20. The highest BCUT2D eigenvalue weighted by Crippen LogP contribution is 2.34. The summed E-state index contributed by atoms with van der Waals surface area (Å²) in [5.74, 6) is -1.15. The van der Waals surface area contributed by atoms with Crippen molar-refractivity contribution in [2.75, 3.05) is 5.32 Å². The molecule has 2 atom stereocenters. The van der Waals surface area contributed by atoms with E-state index in [-0.39, 0.29) is 11.8 Å². The number of carboxylic acids is 1. The van der Waals surface area contributed by atoms with Gasteiger partial charge in [0.2, 0.25) is 0 Å². The molecule has 1 amide bonds. The van der Waals surface area contributed by atoms with Gasteiger partial charge in [0.25, 0.3) is 5.91 Å². The molecule has 0 spiro atoms. The van der Waals surface area contributed by atoms with E-state index in [1.807, 2.05) is 13.8 Å². The lowest BCUT2D eigenvalue weighted by atomic mass is 9.88. The van der Waals surface area contributed by atoms with Gasteiger partial charge in [-0.25, -0.2) is 0 Å². The Morgan fingerprint density at radius 1 is 1.42 bits per heavy atom. The minimum absolute atomic E-state index is 0.0327. The lowest BCUT2D eigenvalue weighted by Crippen LogP contribution is -2.34. The summed E-state index contributed by atoms with van der Waals surface area (Å²) in [6.45, 7) is 5.38. The molecule has 1 heterocycles. The Kier molecular flexibility index (Phi) is 3.46. The summed E-state index contributed by atoms with van der Waals surface area (Å²) in [6.07, 6.45) is -0.529. The van der Waals surface area contributed by atoms with Gasteiger partial charge in [0, 0.05) is 0 Å². The fraction of sp³-hybridized carbons (Fsp3) is 0.429. The summed E-state index contributed by atoms with van der Waals surface area (Å²) in [6, 6.07) is 5.12. The van der Waals surface area contributed by atoms with Crippen LogP contribution in [0.1, 0.15) is 32.3 Å². The number of aliphatic carboxylic acids is 1. The van der Waals surface area contributed by atoms with Gasteiger partial charge in [0.05, 0.1) is 11.6 Å². The molecule has 5 heteroatoms. The first-order valence-electron chi connectivity index (χ1n) is 6.24. The van der Waals surface area contributed by atoms with E-state index in [0.717, 1.165) is 0 Å². The number of carbonyl (C=O) groups excluding carboxylic acids is 1. The number of rotatable bonds is 3. The lowest BCUT2D eigenvalue weighted by molar-refractivity contribution is -0.139. The Balaban J connectivity index is 2.38. The third kappa shape index (κ3) is 2.54. The molecule has 0 bridgehead atoms. The molecule has 1 aromatic carbocycles. The van der Waals surface area contributed by atoms with Gasteiger partial charge in [-0.3, -0.25) is 9.59 Å². The van der Waals surface area contributed by atoms with Crippen LogP contribution in [0.2, 0.25) is 0 Å². The standard InChI is InChI=1S/C14H17NO4/c1-7(2)12(14(17)18)9-4-5-11-10(6-9)15-13(16)8(3)19-11/h4-8,12H,1-3H3,(H,15,16)(H,17,18). The molecule has 2 N–H and O–H groups in total. The van der Waals surface area contributed by atoms with Crippen LogP contribution in [-0.4, -0.2) is 23.1 Å². The molecule has 2 unspecified atom stereocenters. The predicted octanol–water partition coefficient (Wildman–Crippen LogP) is 2.23. The van der Waals surface area contributed by atoms with Crippen molar-refractivity contribution in [3.63, 3.8) is 0 Å². The second-order valence-electron chi connectivity index (χ2n) is 5.06. The topological polar surface area (TPSA) is 75.6 Å². The highest BCUT2D eigenvalue weighted by molar-refractivity contribution is 5.97. The molecule has 0 fully saturated rings. The van der Waals surface area contributed by atoms with E-state index in [1.54, 1.807) is 25.1 Å². The summed E-state index contributed by atoms with van der Waals surface area (Å²) in [5, 5.41) is 12.0. The highest BCUT2D eigenvalue weighted by Gasteiger charge is 2.27. The van der Waals surface area contributed by atoms with Crippen LogP contribution in [0.5, 0.6) is 5.75 Å². The van der Waals surface area contributed by atoms with Crippen LogP contribution in [0.25, 0.3) is 0 Å². The largest absolute Gasteiger partial charge is 0.481 e. The van der Waals surface area contributed by atoms with Gasteiger partial charge < -0.3 is 15.2 Å². The van der Waals surface area contributed by atoms with Gasteiger partial charge in [-0.15, -0.1) is 0 Å². The van der Waals surface area contributed by atoms with Gasteiger partial charge in [-0.2, -0.15) is 0 Å². The number of fused-ring (bicyclic) bond motifs is 1. The highest BCUT2D eigenvalue weighted by atomic mass is 16.5. The van der Waals surface area contributed by atoms with E-state index in [1.165, 1.54) is 0 Å². The molecule has 0 aromatic heterocycles. The maximum Gasteiger partial charge on any atom is 0.311 e. The van der Waals surface area contributed by atoms with E-state index in [9.17, 15) is 14.7 Å². The zero-order chi connectivity index (χ0) is 14.2. The average molecular weight is 263 g/mol. The predicted molar refractivity (Wildman–Crippen MR) is 70.4 cm³/mol. The van der Waals surface area contributed by atoms with E-state index in [4.69, 9.17) is 4.74 Å². The second-order valence-corrected chi connectivity index (χ2v) is 5.06. The number of hydrogen-bond donors (Lipinski definition) is 2. The number of carbonyl (C=O) groups is 2. The van der Waals surface area contributed by atoms with Gasteiger partial charge in [-0.05, 0) is 30.5 Å². The quantitative estimate of drug-likeness (QED) is 0.876. The Bertz CT molecular complexity index is 524. The van der Waals surface area contributed by atoms with Crippen molar-refractivity contribution < 1.29 is 19.4 Å². The number of benzene rings is 1. The van der Waals surface area contributed by atoms with Crippen LogP contribution in [0, 0.1) is 5.92 Å². The smallest absolute Gasteiger partial charge is 0.311 e. The third-order valence-electron chi connectivity index (χ3n) is 3.23. The van der Waals surface area contributed by atoms with Gasteiger partial charge in [-0.1, -0.05) is 19.9 Å². The zero-order valence-electron chi connectivity index (χ0n) is 11.1. The molecule has 0 aliphatic carbocycles. The number of ether oxygens (including phenoxy) is 1. The molecular formula is C14H17NO4. The number of carboxylic acid groups (broad SMARTS) is 1. The summed E-state index contributed by atoms with van der Waals surface area (Å²) in [7, 11) is 0. The normalized spacial score (nSPS) is 19.4. The monoisotopic (exact) mass is 263 g/mol. The van der Waals surface area contributed by atoms with Crippen molar-refractivity contribution in [3.8, 4) is 5.75 Å². The first-order valence-corrected chi connectivity index (χ1v) is 6.24. The maximum absolute atomic E-state index is 11.6. The third-order valence-corrected chi connectivity index (χ3v) is 3.23. The zero-order valence-corrected chi connectivity index (χ0v) is 11.1. The van der Waals surface area contributed by atoms with E-state index >= 15 is 0 Å². The summed E-state index contributed by atoms with van der Waals surface area (Å²) >= 11 is 0. The summed E-state index contributed by atoms with van der Waals surface area (Å²) in [4.78, 5) is 22.9. The summed E-state index contributed by atoms with van der Waals surface area (Å²) < 4.78 is 5.44. The van der Waals surface area contributed by atoms with Crippen LogP contribution in [-0.2, 0) is 9.59 Å². The molecule has 1 aromatic rings. The Morgan fingerprint density at radius 3 is 2.68 bits per heavy atom. The number of amides is 1. The van der Waals surface area contributed by atoms with E-state index in [0.29, 0.717) is 17.0 Å². The van der Waals surface area contributed by atoms with Crippen LogP contribution in [0.3, 0.4) is 0 Å². The van der Waals surface area contributed by atoms with Crippen LogP contribution < -0.4 is 10.1 Å². The Labute approximate surface area is 111 Å². The van der Waals surface area contributed by atoms with Crippen molar-refractivity contribution in [1.29, 1.82) is 0 Å². The van der Waals surface area contributed by atoms with Gasteiger partial charge in [0.1, 0.15) is 5.75 Å². The lowest BCUT2D eigenvalue weighted by Gasteiger charge is -2.25. The fourth-order valence-electron chi connectivity index (χ4n) is 2.23. The molecule has 0 radical (unpaired) electrons. The van der Waals surface area contributed by atoms with Crippen molar-refractivity contribution in [2.24, 2.45) is 5.92 Å². The number of hydrogen-bond acceptors (Lipinski definition) is 3. The van der Waals surface area contributed by atoms with Crippen LogP contribution >= 0.6 is 0 Å². The molecule has 0 saturated heterocycles. The molecular weight excluding hydrogens is 246 g/mol. The minimum Gasteiger partial charge on any atom is -0.481 e. The molecule has 102 valence electrons. The second kappa shape index (κ2) is 4.91. The molecule has 0 saturated carbocycles. The number of nitrogens with one attached hydrogen (secondary N) is 1. The van der Waals surface area contributed by atoms with Crippen LogP contribution in [0.15, 0.2) is 18.2 Å².